The van der Waals surface area contributed by atoms with Crippen LogP contribution in [-0.2, 0) is 53.8 Å². The number of hydrogen-bond acceptors (Lipinski definition) is 20. The van der Waals surface area contributed by atoms with Crippen molar-refractivity contribution in [2.75, 3.05) is 86.1 Å². The van der Waals surface area contributed by atoms with Gasteiger partial charge in [-0.1, -0.05) is 152 Å². The highest BCUT2D eigenvalue weighted by molar-refractivity contribution is 5.46. The molecule has 8 aromatic carbocycles. The average molecular weight is 1490 g/mol. The molecule has 0 aliphatic rings. The lowest BCUT2D eigenvalue weighted by atomic mass is 9.78. The first-order valence-corrected chi connectivity index (χ1v) is 36.8. The quantitative estimate of drug-likeness (QED) is 0.0153. The Bertz CT molecular complexity index is 3930. The van der Waals surface area contributed by atoms with Gasteiger partial charge in [-0.15, -0.1) is 0 Å². The molecule has 0 aliphatic heterocycles. The molecule has 0 spiro atoms. The summed E-state index contributed by atoms with van der Waals surface area (Å²) in [7, 11) is 0. The van der Waals surface area contributed by atoms with Gasteiger partial charge in [0, 0.05) is 21.7 Å². The maximum atomic E-state index is 10.8. The van der Waals surface area contributed by atoms with E-state index in [9.17, 15) is 30.6 Å². The van der Waals surface area contributed by atoms with Crippen molar-refractivity contribution in [2.45, 2.75) is 127 Å². The highest BCUT2D eigenvalue weighted by Crippen LogP contribution is 2.38. The molecule has 0 aliphatic carbocycles. The van der Waals surface area contributed by atoms with Crippen molar-refractivity contribution >= 4 is 0 Å². The molecule has 6 unspecified atom stereocenters. The zero-order valence-electron chi connectivity index (χ0n) is 63.4. The normalized spacial score (nSPS) is 13.7. The second-order valence-corrected chi connectivity index (χ2v) is 29.2. The number of rotatable bonds is 46. The molecule has 0 amide bonds. The minimum atomic E-state index is -0.922. The maximum Gasteiger partial charge on any atom is 0.146 e. The summed E-state index contributed by atoms with van der Waals surface area (Å²) >= 11 is 0. The summed E-state index contributed by atoms with van der Waals surface area (Å²) < 4.78 is 79.7. The number of furan rings is 2. The van der Waals surface area contributed by atoms with Crippen LogP contribution in [0.15, 0.2) is 240 Å². The largest absolute Gasteiger partial charge is 0.491 e. The molecule has 20 nitrogen and oxygen atoms in total. The molecule has 109 heavy (non-hydrogen) atoms. The van der Waals surface area contributed by atoms with Crippen molar-refractivity contribution in [1.82, 2.24) is 0 Å². The van der Waals surface area contributed by atoms with E-state index >= 15 is 0 Å². The predicted molar refractivity (Wildman–Crippen MR) is 414 cm³/mol. The molecule has 0 saturated heterocycles. The Labute approximate surface area is 639 Å². The summed E-state index contributed by atoms with van der Waals surface area (Å²) in [6.45, 7) is 18.1. The van der Waals surface area contributed by atoms with Crippen LogP contribution < -0.4 is 37.9 Å². The summed E-state index contributed by atoms with van der Waals surface area (Å²) in [5.74, 6) is 6.39. The smallest absolute Gasteiger partial charge is 0.146 e. The first kappa shape index (κ1) is 81.8. The summed E-state index contributed by atoms with van der Waals surface area (Å²) in [5, 5.41) is 63.4. The van der Waals surface area contributed by atoms with Gasteiger partial charge in [0.25, 0.3) is 0 Å². The van der Waals surface area contributed by atoms with Crippen LogP contribution in [0.1, 0.15) is 111 Å². The van der Waals surface area contributed by atoms with Gasteiger partial charge in [-0.05, 0) is 166 Å². The number of aliphatic hydroxyl groups is 6. The van der Waals surface area contributed by atoms with Crippen molar-refractivity contribution in [2.24, 2.45) is 0 Å². The molecule has 6 atom stereocenters. The van der Waals surface area contributed by atoms with Crippen molar-refractivity contribution in [3.8, 4) is 46.0 Å². The van der Waals surface area contributed by atoms with Crippen molar-refractivity contribution < 1.29 is 96.3 Å². The second-order valence-electron chi connectivity index (χ2n) is 29.2. The van der Waals surface area contributed by atoms with Gasteiger partial charge in [0.1, 0.15) is 167 Å². The van der Waals surface area contributed by atoms with E-state index in [1.165, 1.54) is 0 Å². The van der Waals surface area contributed by atoms with E-state index in [-0.39, 0.29) is 121 Å². The summed E-state index contributed by atoms with van der Waals surface area (Å²) in [4.78, 5) is 0. The molecular formula is C89H104O20. The van der Waals surface area contributed by atoms with E-state index in [0.29, 0.717) is 57.5 Å². The lowest BCUT2D eigenvalue weighted by molar-refractivity contribution is -0.104. The Morgan fingerprint density at radius 1 is 0.229 bits per heavy atom. The zero-order chi connectivity index (χ0) is 77.2. The number of hydrogen-bond donors (Lipinski definition) is 6. The number of ether oxygens (including phenoxy) is 12. The first-order chi connectivity index (χ1) is 52.5. The van der Waals surface area contributed by atoms with Crippen LogP contribution in [0, 0.1) is 0 Å². The molecule has 20 heteroatoms. The Kier molecular flexibility index (Phi) is 29.7. The third kappa shape index (κ3) is 24.7. The van der Waals surface area contributed by atoms with Crippen LogP contribution in [-0.4, -0.2) is 153 Å². The zero-order valence-corrected chi connectivity index (χ0v) is 63.4. The highest BCUT2D eigenvalue weighted by atomic mass is 16.7. The molecule has 10 rings (SSSR count). The van der Waals surface area contributed by atoms with Gasteiger partial charge < -0.3 is 96.3 Å². The molecule has 0 radical (unpaired) electrons. The monoisotopic (exact) mass is 1490 g/mol. The van der Waals surface area contributed by atoms with E-state index in [1.807, 2.05) is 206 Å². The molecule has 2 aromatic heterocycles. The highest BCUT2D eigenvalue weighted by Gasteiger charge is 2.28. The lowest BCUT2D eigenvalue weighted by Crippen LogP contribution is -2.26. The molecule has 0 saturated carbocycles. The fraction of sp³-hybridized carbons (Fsp3) is 0.371. The van der Waals surface area contributed by atoms with E-state index in [2.05, 4.69) is 55.4 Å². The Morgan fingerprint density at radius 3 is 0.560 bits per heavy atom. The Morgan fingerprint density at radius 2 is 0.394 bits per heavy atom. The second kappa shape index (κ2) is 39.6. The third-order valence-electron chi connectivity index (χ3n) is 19.2. The van der Waals surface area contributed by atoms with Crippen LogP contribution in [0.5, 0.6) is 46.0 Å². The van der Waals surface area contributed by atoms with Crippen LogP contribution >= 0.6 is 0 Å². The van der Waals surface area contributed by atoms with Crippen molar-refractivity contribution in [3.63, 3.8) is 0 Å². The van der Waals surface area contributed by atoms with Crippen LogP contribution in [0.25, 0.3) is 0 Å². The fourth-order valence-corrected chi connectivity index (χ4v) is 12.0. The van der Waals surface area contributed by atoms with E-state index in [0.717, 1.165) is 44.5 Å². The van der Waals surface area contributed by atoms with Gasteiger partial charge in [-0.3, -0.25) is 0 Å². The predicted octanol–water partition coefficient (Wildman–Crippen LogP) is 13.9. The Hall–Kier alpha value is -9.68. The lowest BCUT2D eigenvalue weighted by Gasteiger charge is -2.27. The molecule has 0 bridgehead atoms. The molecule has 10 aromatic rings. The van der Waals surface area contributed by atoms with E-state index in [4.69, 9.17) is 65.7 Å². The average Bonchev–Trinajstić information content (AvgIpc) is 1.27. The minimum Gasteiger partial charge on any atom is -0.491 e. The topological polar surface area (TPSA) is 258 Å². The maximum absolute atomic E-state index is 10.8. The molecule has 580 valence electrons. The Balaban J connectivity index is 0.548. The molecular weight excluding hydrogens is 1390 g/mol. The standard InChI is InChI=1S/C89H104O20/c1-86(2,62-13-29-76(30-14-62)102-51-70(90)47-96-59-84-11-9-45-100-84)66-21-37-80(38-22-66)106-55-74(94)57-108-82-41-25-68(26-42-82)88(5,6)64-17-33-78(34-18-64)104-53-72(92)49-98-61-99-50-73(93)54-105-79-35-19-65(20-36-79)89(7,8)69-27-43-83(44-28-69)109-58-75(95)56-107-81-39-23-67(24-40-81)87(3,4)63-15-31-77(32-16-63)103-52-71(91)48-97-60-85-12-10-46-101-85/h9-46,70-75,90-95H,47-61H2,1-8H3. The van der Waals surface area contributed by atoms with Gasteiger partial charge in [0.15, 0.2) is 0 Å². The third-order valence-corrected chi connectivity index (χ3v) is 19.2. The van der Waals surface area contributed by atoms with Crippen molar-refractivity contribution in [1.29, 1.82) is 0 Å². The van der Waals surface area contributed by atoms with Crippen molar-refractivity contribution in [3.05, 3.63) is 287 Å². The molecule has 6 N–H and O–H groups in total. The van der Waals surface area contributed by atoms with Crippen LogP contribution in [0.3, 0.4) is 0 Å². The minimum absolute atomic E-state index is 0.00147. The molecule has 0 fully saturated rings. The van der Waals surface area contributed by atoms with Crippen LogP contribution in [0.4, 0.5) is 0 Å². The number of benzene rings is 8. The fourth-order valence-electron chi connectivity index (χ4n) is 12.0. The van der Waals surface area contributed by atoms with Crippen LogP contribution in [0.2, 0.25) is 0 Å². The van der Waals surface area contributed by atoms with Gasteiger partial charge in [-0.25, -0.2) is 0 Å². The summed E-state index contributed by atoms with van der Waals surface area (Å²) in [6, 6.07) is 69.7. The van der Waals surface area contributed by atoms with Gasteiger partial charge in [0.05, 0.1) is 39.0 Å². The van der Waals surface area contributed by atoms with Gasteiger partial charge >= 0.3 is 0 Å². The summed E-state index contributed by atoms with van der Waals surface area (Å²) in [5.41, 5.74) is 7.22. The number of aliphatic hydroxyl groups excluding tert-OH is 6. The van der Waals surface area contributed by atoms with Gasteiger partial charge in [-0.2, -0.15) is 0 Å². The van der Waals surface area contributed by atoms with E-state index < -0.39 is 36.6 Å². The van der Waals surface area contributed by atoms with Gasteiger partial charge in [0.2, 0.25) is 0 Å². The first-order valence-electron chi connectivity index (χ1n) is 36.8. The van der Waals surface area contributed by atoms with E-state index in [1.54, 1.807) is 24.7 Å². The SMILES string of the molecule is CC(C)(c1ccc(OCC(O)COCOCC(O)COc2ccc(C(C)(C)c3ccc(OCC(O)COc4ccc(C(C)(C)c5ccc(OCC(O)COCc6ccco6)cc5)cc4)cc3)cc2)cc1)c1ccc(OCC(O)COc2ccc(C(C)(C)c3ccc(OCC(O)COCc4ccco4)cc3)cc2)cc1. The molecule has 2 heterocycles. The summed E-state index contributed by atoms with van der Waals surface area (Å²) in [6.07, 6.45) is -1.97.